The van der Waals surface area contributed by atoms with Crippen molar-refractivity contribution >= 4 is 21.8 Å². The molecule has 0 radical (unpaired) electrons. The normalized spacial score (nSPS) is 12.6. The fraction of sp³-hybridized carbons (Fsp3) is 0.188. The summed E-state index contributed by atoms with van der Waals surface area (Å²) in [7, 11) is 1.82. The largest absolute Gasteiger partial charge is 0.338 e. The van der Waals surface area contributed by atoms with Gasteiger partial charge >= 0.3 is 0 Å². The molecule has 0 aliphatic rings. The Balaban J connectivity index is 2.28. The molecule has 0 amide bonds. The molecule has 3 heteroatoms. The van der Waals surface area contributed by atoms with Crippen LogP contribution in [0.25, 0.3) is 21.8 Å². The average molecular weight is 249 g/mol. The van der Waals surface area contributed by atoms with Gasteiger partial charge in [-0.15, -0.1) is 0 Å². The van der Waals surface area contributed by atoms with Crippen LogP contribution < -0.4 is 5.32 Å². The Hall–Kier alpha value is -2.31. The molecule has 0 spiro atoms. The Labute approximate surface area is 112 Å². The van der Waals surface area contributed by atoms with Crippen LogP contribution in [0.2, 0.25) is 0 Å². The minimum atomic E-state index is -0.181. The van der Waals surface area contributed by atoms with Crippen molar-refractivity contribution < 1.29 is 0 Å². The van der Waals surface area contributed by atoms with E-state index in [1.165, 1.54) is 21.8 Å². The van der Waals surface area contributed by atoms with E-state index in [9.17, 15) is 0 Å². The van der Waals surface area contributed by atoms with E-state index in [0.717, 1.165) is 0 Å². The Morgan fingerprint density at radius 2 is 1.58 bits per heavy atom. The zero-order valence-corrected chi connectivity index (χ0v) is 10.8. The third kappa shape index (κ3) is 1.87. The summed E-state index contributed by atoms with van der Waals surface area (Å²) in [5.41, 5.74) is 2.36. The van der Waals surface area contributed by atoms with Crippen molar-refractivity contribution in [2.75, 3.05) is 7.05 Å². The number of aromatic nitrogens is 1. The molecule has 3 nitrogen and oxygen atoms in total. The molecular weight excluding hydrogens is 234 g/mol. The lowest BCUT2D eigenvalue weighted by Crippen LogP contribution is -2.28. The maximum atomic E-state index is 9.14. The third-order valence-corrected chi connectivity index (χ3v) is 3.55. The van der Waals surface area contributed by atoms with E-state index in [0.29, 0.717) is 6.54 Å². The first kappa shape index (κ1) is 11.8. The van der Waals surface area contributed by atoms with Gasteiger partial charge in [0, 0.05) is 21.8 Å². The SMILES string of the molecule is CNC(C#N)Cn1c2ccccc2c2ccccc21. The number of nitriles is 1. The smallest absolute Gasteiger partial charge is 0.113 e. The van der Waals surface area contributed by atoms with E-state index in [1.54, 1.807) is 0 Å². The molecule has 0 aliphatic carbocycles. The van der Waals surface area contributed by atoms with Crippen molar-refractivity contribution in [1.29, 1.82) is 5.26 Å². The van der Waals surface area contributed by atoms with Crippen molar-refractivity contribution in [1.82, 2.24) is 9.88 Å². The van der Waals surface area contributed by atoms with Gasteiger partial charge in [0.1, 0.15) is 6.04 Å². The highest BCUT2D eigenvalue weighted by atomic mass is 15.0. The number of hydrogen-bond acceptors (Lipinski definition) is 2. The van der Waals surface area contributed by atoms with Gasteiger partial charge in [-0.3, -0.25) is 0 Å². The molecule has 1 aromatic heterocycles. The van der Waals surface area contributed by atoms with E-state index < -0.39 is 0 Å². The van der Waals surface area contributed by atoms with Crippen molar-refractivity contribution in [2.45, 2.75) is 12.6 Å². The molecule has 0 fully saturated rings. The molecule has 19 heavy (non-hydrogen) atoms. The van der Waals surface area contributed by atoms with Crippen LogP contribution >= 0.6 is 0 Å². The highest BCUT2D eigenvalue weighted by Crippen LogP contribution is 2.28. The predicted molar refractivity (Wildman–Crippen MR) is 77.9 cm³/mol. The van der Waals surface area contributed by atoms with Crippen molar-refractivity contribution in [2.24, 2.45) is 0 Å². The van der Waals surface area contributed by atoms with Gasteiger partial charge in [-0.05, 0) is 19.2 Å². The van der Waals surface area contributed by atoms with Crippen LogP contribution in [-0.4, -0.2) is 17.7 Å². The molecule has 0 saturated carbocycles. The Bertz CT molecular complexity index is 711. The van der Waals surface area contributed by atoms with E-state index in [-0.39, 0.29) is 6.04 Å². The second-order valence-electron chi connectivity index (χ2n) is 4.62. The van der Waals surface area contributed by atoms with Crippen LogP contribution in [0.5, 0.6) is 0 Å². The van der Waals surface area contributed by atoms with Crippen LogP contribution in [0.3, 0.4) is 0 Å². The summed E-state index contributed by atoms with van der Waals surface area (Å²) in [6, 6.07) is 18.8. The van der Waals surface area contributed by atoms with Gasteiger partial charge in [-0.2, -0.15) is 5.26 Å². The second-order valence-corrected chi connectivity index (χ2v) is 4.62. The quantitative estimate of drug-likeness (QED) is 0.775. The fourth-order valence-corrected chi connectivity index (χ4v) is 2.58. The van der Waals surface area contributed by atoms with Gasteiger partial charge in [0.25, 0.3) is 0 Å². The van der Waals surface area contributed by atoms with Crippen LogP contribution in [0.1, 0.15) is 0 Å². The number of para-hydroxylation sites is 2. The highest BCUT2D eigenvalue weighted by molar-refractivity contribution is 6.07. The van der Waals surface area contributed by atoms with Crippen LogP contribution in [0.15, 0.2) is 48.5 Å². The van der Waals surface area contributed by atoms with Gasteiger partial charge < -0.3 is 9.88 Å². The Kier molecular flexibility index (Phi) is 2.94. The summed E-state index contributed by atoms with van der Waals surface area (Å²) < 4.78 is 2.22. The highest BCUT2D eigenvalue weighted by Gasteiger charge is 2.12. The van der Waals surface area contributed by atoms with Gasteiger partial charge in [-0.1, -0.05) is 36.4 Å². The molecular formula is C16H15N3. The van der Waals surface area contributed by atoms with Gasteiger partial charge in [0.2, 0.25) is 0 Å². The van der Waals surface area contributed by atoms with Crippen LogP contribution in [-0.2, 0) is 6.54 Å². The summed E-state index contributed by atoms with van der Waals surface area (Å²) in [4.78, 5) is 0. The molecule has 1 unspecified atom stereocenters. The lowest BCUT2D eigenvalue weighted by atomic mass is 10.2. The Morgan fingerprint density at radius 3 is 2.05 bits per heavy atom. The zero-order chi connectivity index (χ0) is 13.2. The molecule has 2 aromatic carbocycles. The van der Waals surface area contributed by atoms with E-state index in [1.807, 2.05) is 19.2 Å². The van der Waals surface area contributed by atoms with E-state index in [2.05, 4.69) is 52.4 Å². The molecule has 0 saturated heterocycles. The van der Waals surface area contributed by atoms with Crippen LogP contribution in [0, 0.1) is 11.3 Å². The third-order valence-electron chi connectivity index (χ3n) is 3.55. The number of benzene rings is 2. The topological polar surface area (TPSA) is 40.8 Å². The average Bonchev–Trinajstić information content (AvgIpc) is 2.79. The maximum Gasteiger partial charge on any atom is 0.113 e. The van der Waals surface area contributed by atoms with E-state index >= 15 is 0 Å². The molecule has 3 aromatic rings. The minimum Gasteiger partial charge on any atom is -0.338 e. The molecule has 1 atom stereocenters. The first-order valence-electron chi connectivity index (χ1n) is 6.38. The number of nitrogens with one attached hydrogen (secondary N) is 1. The summed E-state index contributed by atoms with van der Waals surface area (Å²) in [5.74, 6) is 0. The maximum absolute atomic E-state index is 9.14. The number of fused-ring (bicyclic) bond motifs is 3. The molecule has 1 N–H and O–H groups in total. The summed E-state index contributed by atoms with van der Waals surface area (Å²) in [5, 5.41) is 14.7. The second kappa shape index (κ2) is 4.75. The van der Waals surface area contributed by atoms with Gasteiger partial charge in [0.05, 0.1) is 12.6 Å². The molecule has 0 aliphatic heterocycles. The summed E-state index contributed by atoms with van der Waals surface area (Å²) in [6.07, 6.45) is 0. The van der Waals surface area contributed by atoms with Gasteiger partial charge in [0.15, 0.2) is 0 Å². The fourth-order valence-electron chi connectivity index (χ4n) is 2.58. The monoisotopic (exact) mass is 249 g/mol. The first-order chi connectivity index (χ1) is 9.35. The number of likely N-dealkylation sites (N-methyl/N-ethyl adjacent to an activating group) is 1. The van der Waals surface area contributed by atoms with Crippen LogP contribution in [0.4, 0.5) is 0 Å². The zero-order valence-electron chi connectivity index (χ0n) is 10.8. The van der Waals surface area contributed by atoms with Gasteiger partial charge in [-0.25, -0.2) is 0 Å². The molecule has 0 bridgehead atoms. The molecule has 1 heterocycles. The summed E-state index contributed by atoms with van der Waals surface area (Å²) in [6.45, 7) is 0.654. The lowest BCUT2D eigenvalue weighted by Gasteiger charge is -2.11. The molecule has 94 valence electrons. The molecule has 3 rings (SSSR count). The number of nitrogens with zero attached hydrogens (tertiary/aromatic N) is 2. The predicted octanol–water partition coefficient (Wildman–Crippen LogP) is 2.91. The van der Waals surface area contributed by atoms with Crippen molar-refractivity contribution in [3.8, 4) is 6.07 Å². The number of hydrogen-bond donors (Lipinski definition) is 1. The lowest BCUT2D eigenvalue weighted by molar-refractivity contribution is 0.586. The van der Waals surface area contributed by atoms with E-state index in [4.69, 9.17) is 5.26 Å². The van der Waals surface area contributed by atoms with Crippen molar-refractivity contribution in [3.05, 3.63) is 48.5 Å². The Morgan fingerprint density at radius 1 is 1.05 bits per heavy atom. The standard InChI is InChI=1S/C16H15N3/c1-18-12(10-17)11-19-15-8-4-2-6-13(15)14-7-3-5-9-16(14)19/h2-9,12,18H,11H2,1H3. The number of rotatable bonds is 3. The minimum absolute atomic E-state index is 0.181. The van der Waals surface area contributed by atoms with Crippen molar-refractivity contribution in [3.63, 3.8) is 0 Å². The first-order valence-corrected chi connectivity index (χ1v) is 6.38. The summed E-state index contributed by atoms with van der Waals surface area (Å²) >= 11 is 0.